The normalized spacial score (nSPS) is 19.0. The minimum atomic E-state index is -4.63. The highest BCUT2D eigenvalue weighted by molar-refractivity contribution is 6.03. The van der Waals surface area contributed by atoms with Crippen LogP contribution in [0.25, 0.3) is 0 Å². The Balaban J connectivity index is 1.63. The second-order valence-corrected chi connectivity index (χ2v) is 13.9. The maximum absolute atomic E-state index is 14.2. The van der Waals surface area contributed by atoms with Gasteiger partial charge in [-0.25, -0.2) is 0 Å². The summed E-state index contributed by atoms with van der Waals surface area (Å²) >= 11 is 0. The molecule has 0 bridgehead atoms. The first-order valence-electron chi connectivity index (χ1n) is 17.9. The molecule has 14 heteroatoms. The summed E-state index contributed by atoms with van der Waals surface area (Å²) in [5.41, 5.74) is 1.18. The van der Waals surface area contributed by atoms with E-state index in [2.05, 4.69) is 20.9 Å². The van der Waals surface area contributed by atoms with Crippen molar-refractivity contribution in [2.75, 3.05) is 31.5 Å². The number of carbonyl (C=O) groups excluding carboxylic acids is 5. The molecule has 0 aromatic heterocycles. The molecule has 0 aliphatic carbocycles. The molecule has 50 heavy (non-hydrogen) atoms. The van der Waals surface area contributed by atoms with Crippen LogP contribution in [0.2, 0.25) is 0 Å². The summed E-state index contributed by atoms with van der Waals surface area (Å²) in [4.78, 5) is 65.9. The average Bonchev–Trinajstić information content (AvgIpc) is 3.30. The van der Waals surface area contributed by atoms with E-state index in [4.69, 9.17) is 4.74 Å². The smallest absolute Gasteiger partial charge is 0.403 e. The molecule has 0 saturated carbocycles. The molecule has 0 radical (unpaired) electrons. The first-order valence-corrected chi connectivity index (χ1v) is 17.9. The van der Waals surface area contributed by atoms with Crippen molar-refractivity contribution in [2.24, 2.45) is 11.8 Å². The number of anilines is 1. The van der Waals surface area contributed by atoms with E-state index in [0.29, 0.717) is 31.4 Å². The van der Waals surface area contributed by atoms with Gasteiger partial charge in [0.1, 0.15) is 18.7 Å². The van der Waals surface area contributed by atoms with Crippen LogP contribution < -0.4 is 16.0 Å². The van der Waals surface area contributed by atoms with Crippen LogP contribution in [0.1, 0.15) is 97.5 Å². The zero-order valence-corrected chi connectivity index (χ0v) is 29.8. The van der Waals surface area contributed by atoms with Crippen LogP contribution in [-0.2, 0) is 35.3 Å². The van der Waals surface area contributed by atoms with Gasteiger partial charge in [0.2, 0.25) is 23.6 Å². The van der Waals surface area contributed by atoms with E-state index in [0.717, 1.165) is 38.0 Å². The number of alkyl halides is 3. The molecular formula is C36H54F3N5O6. The topological polar surface area (TPSA) is 137 Å². The molecule has 1 aromatic carbocycles. The van der Waals surface area contributed by atoms with Gasteiger partial charge in [0.25, 0.3) is 0 Å². The Kier molecular flexibility index (Phi) is 16.2. The molecule has 280 valence electrons. The molecule has 1 aromatic rings. The third kappa shape index (κ3) is 13.3. The highest BCUT2D eigenvalue weighted by atomic mass is 19.4. The van der Waals surface area contributed by atoms with Crippen LogP contribution in [0, 0.1) is 11.8 Å². The van der Waals surface area contributed by atoms with Crippen LogP contribution in [0.3, 0.4) is 0 Å². The van der Waals surface area contributed by atoms with Crippen molar-refractivity contribution in [3.05, 3.63) is 29.8 Å². The van der Waals surface area contributed by atoms with E-state index in [1.54, 1.807) is 45.0 Å². The molecule has 2 heterocycles. The van der Waals surface area contributed by atoms with Gasteiger partial charge < -0.3 is 20.3 Å². The molecule has 4 atom stereocenters. The SMILES string of the molecule is CC(=O)OCc1ccc(NC(=O)C(CCCN2CCCCC2)NC(=O)C(NC(CCCCCN2C(=O)CC(C)C2=O)C(F)(F)F)C(C)C)cc1. The second-order valence-electron chi connectivity index (χ2n) is 13.9. The summed E-state index contributed by atoms with van der Waals surface area (Å²) in [7, 11) is 0. The van der Waals surface area contributed by atoms with Gasteiger partial charge in [-0.3, -0.25) is 34.2 Å². The van der Waals surface area contributed by atoms with Crippen LogP contribution in [0.4, 0.5) is 18.9 Å². The quantitative estimate of drug-likeness (QED) is 0.104. The highest BCUT2D eigenvalue weighted by Gasteiger charge is 2.42. The fourth-order valence-electron chi connectivity index (χ4n) is 6.34. The third-order valence-electron chi connectivity index (χ3n) is 9.28. The Morgan fingerprint density at radius 3 is 2.18 bits per heavy atom. The number of benzene rings is 1. The summed E-state index contributed by atoms with van der Waals surface area (Å²) < 4.78 is 47.6. The zero-order chi connectivity index (χ0) is 36.8. The zero-order valence-electron chi connectivity index (χ0n) is 29.8. The first-order chi connectivity index (χ1) is 23.6. The Bertz CT molecular complexity index is 1290. The van der Waals surface area contributed by atoms with E-state index in [9.17, 15) is 37.1 Å². The number of carbonyl (C=O) groups is 5. The Labute approximate surface area is 293 Å². The van der Waals surface area contributed by atoms with Crippen LogP contribution in [-0.4, -0.2) is 89.9 Å². The average molecular weight is 710 g/mol. The molecule has 2 aliphatic heterocycles. The number of likely N-dealkylation sites (tertiary alicyclic amines) is 2. The van der Waals surface area contributed by atoms with Gasteiger partial charge in [-0.15, -0.1) is 0 Å². The van der Waals surface area contributed by atoms with Crippen molar-refractivity contribution < 1.29 is 41.9 Å². The number of esters is 1. The van der Waals surface area contributed by atoms with Gasteiger partial charge in [0, 0.05) is 31.5 Å². The van der Waals surface area contributed by atoms with Crippen molar-refractivity contribution in [3.8, 4) is 0 Å². The minimum absolute atomic E-state index is 0.0845. The monoisotopic (exact) mass is 709 g/mol. The van der Waals surface area contributed by atoms with Crippen molar-refractivity contribution in [3.63, 3.8) is 0 Å². The van der Waals surface area contributed by atoms with E-state index < -0.39 is 48.0 Å². The van der Waals surface area contributed by atoms with Crippen LogP contribution >= 0.6 is 0 Å². The number of hydrogen-bond acceptors (Lipinski definition) is 8. The van der Waals surface area contributed by atoms with Crippen LogP contribution in [0.5, 0.6) is 0 Å². The lowest BCUT2D eigenvalue weighted by molar-refractivity contribution is -0.161. The van der Waals surface area contributed by atoms with Crippen molar-refractivity contribution >= 4 is 35.3 Å². The molecular weight excluding hydrogens is 655 g/mol. The van der Waals surface area contributed by atoms with E-state index in [-0.39, 0.29) is 50.1 Å². The molecule has 0 spiro atoms. The lowest BCUT2D eigenvalue weighted by Gasteiger charge is -2.31. The lowest BCUT2D eigenvalue weighted by Crippen LogP contribution is -2.58. The molecule has 3 rings (SSSR count). The van der Waals surface area contributed by atoms with Gasteiger partial charge in [-0.1, -0.05) is 52.2 Å². The molecule has 2 saturated heterocycles. The number of imide groups is 1. The van der Waals surface area contributed by atoms with Crippen molar-refractivity contribution in [1.29, 1.82) is 0 Å². The Morgan fingerprint density at radius 2 is 1.60 bits per heavy atom. The molecule has 2 aliphatic rings. The fourth-order valence-corrected chi connectivity index (χ4v) is 6.34. The number of amides is 4. The van der Waals surface area contributed by atoms with Crippen molar-refractivity contribution in [1.82, 2.24) is 20.4 Å². The number of unbranched alkanes of at least 4 members (excludes halogenated alkanes) is 2. The minimum Gasteiger partial charge on any atom is -0.461 e. The number of nitrogens with zero attached hydrogens (tertiary/aromatic N) is 2. The molecule has 3 N–H and O–H groups in total. The second kappa shape index (κ2) is 19.8. The number of piperidine rings is 1. The first kappa shape index (κ1) is 40.9. The molecule has 4 unspecified atom stereocenters. The maximum Gasteiger partial charge on any atom is 0.403 e. The third-order valence-corrected chi connectivity index (χ3v) is 9.28. The molecule has 2 fully saturated rings. The molecule has 4 amide bonds. The van der Waals surface area contributed by atoms with Gasteiger partial charge in [-0.2, -0.15) is 13.2 Å². The van der Waals surface area contributed by atoms with Gasteiger partial charge in [0.15, 0.2) is 0 Å². The van der Waals surface area contributed by atoms with Gasteiger partial charge >= 0.3 is 12.1 Å². The van der Waals surface area contributed by atoms with E-state index >= 15 is 0 Å². The number of ether oxygens (including phenoxy) is 1. The summed E-state index contributed by atoms with van der Waals surface area (Å²) in [6.45, 7) is 9.24. The number of rotatable bonds is 19. The molecule has 11 nitrogen and oxygen atoms in total. The number of nitrogens with one attached hydrogen (secondary N) is 3. The van der Waals surface area contributed by atoms with E-state index in [1.165, 1.54) is 18.2 Å². The number of halogens is 3. The van der Waals surface area contributed by atoms with Crippen LogP contribution in [0.15, 0.2) is 24.3 Å². The largest absolute Gasteiger partial charge is 0.461 e. The predicted molar refractivity (Wildman–Crippen MR) is 183 cm³/mol. The fraction of sp³-hybridized carbons (Fsp3) is 0.694. The van der Waals surface area contributed by atoms with Gasteiger partial charge in [-0.05, 0) is 81.8 Å². The predicted octanol–water partition coefficient (Wildman–Crippen LogP) is 4.94. The summed E-state index contributed by atoms with van der Waals surface area (Å²) in [6, 6.07) is 2.52. The highest BCUT2D eigenvalue weighted by Crippen LogP contribution is 2.26. The maximum atomic E-state index is 14.2. The lowest BCUT2D eigenvalue weighted by atomic mass is 9.99. The summed E-state index contributed by atoms with van der Waals surface area (Å²) in [5.74, 6) is -2.98. The Hall–Kier alpha value is -3.52. The van der Waals surface area contributed by atoms with Gasteiger partial charge in [0.05, 0.1) is 6.04 Å². The Morgan fingerprint density at radius 1 is 0.920 bits per heavy atom. The van der Waals surface area contributed by atoms with E-state index in [1.807, 2.05) is 0 Å². The summed E-state index contributed by atoms with van der Waals surface area (Å²) in [5, 5.41) is 8.10. The number of hydrogen-bond donors (Lipinski definition) is 3. The van der Waals surface area contributed by atoms with Crippen molar-refractivity contribution in [2.45, 2.75) is 123 Å². The summed E-state index contributed by atoms with van der Waals surface area (Å²) in [6.07, 6.45) is 0.489. The standard InChI is InChI=1S/C36H54F3N5O6/c1-24(2)32(42-30(36(37,38)39)13-7-5-10-21-44-31(46)22-25(3)35(44)49)34(48)41-29(12-11-20-43-18-8-6-9-19-43)33(47)40-28-16-14-27(15-17-28)23-50-26(4)45/h14-17,24-25,29-30,32,42H,5-13,18-23H2,1-4H3,(H,40,47)(H,41,48).